The van der Waals surface area contributed by atoms with Crippen LogP contribution in [0.25, 0.3) is 10.2 Å². The van der Waals surface area contributed by atoms with Crippen molar-refractivity contribution in [3.05, 3.63) is 94.0 Å². The lowest BCUT2D eigenvalue weighted by atomic mass is 9.86. The van der Waals surface area contributed by atoms with Crippen molar-refractivity contribution in [1.29, 1.82) is 0 Å². The Morgan fingerprint density at radius 1 is 1.00 bits per heavy atom. The third-order valence-electron chi connectivity index (χ3n) is 5.78. The molecule has 39 heavy (non-hydrogen) atoms. The number of halogens is 5. The number of carbonyl (C=O) groups is 2. The molecule has 0 spiro atoms. The molecular formula is C27H21Cl2F3N2O3S2. The molecule has 3 atom stereocenters. The Hall–Kier alpha value is -2.79. The van der Waals surface area contributed by atoms with Crippen LogP contribution in [-0.4, -0.2) is 34.5 Å². The van der Waals surface area contributed by atoms with E-state index in [0.717, 1.165) is 15.8 Å². The first-order valence-electron chi connectivity index (χ1n) is 11.6. The first kappa shape index (κ1) is 29.2. The normalized spacial score (nSPS) is 14.0. The molecule has 1 heterocycles. The Labute approximate surface area is 240 Å². The molecule has 0 fully saturated rings. The summed E-state index contributed by atoms with van der Waals surface area (Å²) in [5, 5.41) is 3.86. The SMILES string of the molecule is CC(NC(=O)C(OC(=O)C(F)(F)F)Sc1nc2ccccc2s1)C(Cc1ccc(Cl)cc1)c1ccc(Cl)cc1. The molecule has 0 aliphatic carbocycles. The maximum atomic E-state index is 13.3. The fraction of sp³-hybridized carbons (Fsp3) is 0.222. The molecule has 3 aromatic carbocycles. The van der Waals surface area contributed by atoms with Gasteiger partial charge in [-0.1, -0.05) is 59.6 Å². The first-order valence-corrected chi connectivity index (χ1v) is 14.0. The van der Waals surface area contributed by atoms with Gasteiger partial charge in [0.05, 0.1) is 10.2 Å². The number of thioether (sulfide) groups is 1. The predicted molar refractivity (Wildman–Crippen MR) is 148 cm³/mol. The molecule has 0 radical (unpaired) electrons. The molecule has 1 amide bonds. The van der Waals surface area contributed by atoms with Crippen LogP contribution in [0.3, 0.4) is 0 Å². The summed E-state index contributed by atoms with van der Waals surface area (Å²) in [7, 11) is 0. The molecule has 4 aromatic rings. The third-order valence-corrected chi connectivity index (χ3v) is 8.47. The van der Waals surface area contributed by atoms with Gasteiger partial charge in [0.15, 0.2) is 4.34 Å². The van der Waals surface area contributed by atoms with Gasteiger partial charge in [-0.2, -0.15) is 13.2 Å². The van der Waals surface area contributed by atoms with Gasteiger partial charge in [-0.25, -0.2) is 9.78 Å². The summed E-state index contributed by atoms with van der Waals surface area (Å²) in [6.45, 7) is 1.73. The summed E-state index contributed by atoms with van der Waals surface area (Å²) >= 11 is 13.9. The number of nitrogens with zero attached hydrogens (tertiary/aromatic N) is 1. The van der Waals surface area contributed by atoms with Crippen molar-refractivity contribution in [1.82, 2.24) is 10.3 Å². The number of ether oxygens (including phenoxy) is 1. The van der Waals surface area contributed by atoms with Crippen molar-refractivity contribution < 1.29 is 27.5 Å². The standard InChI is InChI=1S/C27H21Cl2F3N2O3S2/c1-15(20(17-8-12-19(29)13-9-17)14-16-6-10-18(28)11-7-16)33-23(35)24(37-25(36)27(30,31)32)39-26-34-21-4-2-3-5-22(21)38-26/h2-13,15,20,24H,14H2,1H3,(H,33,35). The summed E-state index contributed by atoms with van der Waals surface area (Å²) in [5.41, 5.74) is 0.586. The van der Waals surface area contributed by atoms with E-state index in [2.05, 4.69) is 15.0 Å². The monoisotopic (exact) mass is 612 g/mol. The molecule has 1 aromatic heterocycles. The van der Waals surface area contributed by atoms with E-state index in [1.807, 2.05) is 24.3 Å². The fourth-order valence-corrected chi connectivity index (χ4v) is 6.17. The second-order valence-corrected chi connectivity index (χ2v) is 11.8. The minimum atomic E-state index is -5.27. The molecular weight excluding hydrogens is 592 g/mol. The first-order chi connectivity index (χ1) is 18.5. The van der Waals surface area contributed by atoms with Crippen molar-refractivity contribution >= 4 is 68.4 Å². The lowest BCUT2D eigenvalue weighted by Crippen LogP contribution is -2.44. The minimum absolute atomic E-state index is 0.286. The number of para-hydroxylation sites is 1. The molecule has 12 heteroatoms. The lowest BCUT2D eigenvalue weighted by Gasteiger charge is -2.27. The van der Waals surface area contributed by atoms with E-state index in [1.54, 1.807) is 55.5 Å². The molecule has 0 saturated heterocycles. The smallest absolute Gasteiger partial charge is 0.434 e. The summed E-state index contributed by atoms with van der Waals surface area (Å²) in [6, 6.07) is 20.8. The molecule has 0 saturated carbocycles. The zero-order valence-corrected chi connectivity index (χ0v) is 23.4. The summed E-state index contributed by atoms with van der Waals surface area (Å²) in [5.74, 6) is -3.64. The van der Waals surface area contributed by atoms with Gasteiger partial charge in [0.25, 0.3) is 5.91 Å². The highest BCUT2D eigenvalue weighted by Crippen LogP contribution is 2.34. The minimum Gasteiger partial charge on any atom is -0.434 e. The molecule has 3 unspecified atom stereocenters. The van der Waals surface area contributed by atoms with Crippen LogP contribution in [0.2, 0.25) is 10.0 Å². The van der Waals surface area contributed by atoms with Crippen LogP contribution < -0.4 is 5.32 Å². The largest absolute Gasteiger partial charge is 0.490 e. The fourth-order valence-electron chi connectivity index (χ4n) is 3.85. The van der Waals surface area contributed by atoms with Crippen LogP contribution in [0, 0.1) is 0 Å². The number of benzene rings is 3. The number of fused-ring (bicyclic) bond motifs is 1. The Bertz CT molecular complexity index is 1410. The van der Waals surface area contributed by atoms with E-state index in [0.29, 0.717) is 33.7 Å². The molecule has 0 aliphatic heterocycles. The number of alkyl halides is 3. The Morgan fingerprint density at radius 3 is 2.23 bits per heavy atom. The van der Waals surface area contributed by atoms with Crippen molar-refractivity contribution in [2.45, 2.75) is 41.3 Å². The number of aromatic nitrogens is 1. The Kier molecular flexibility index (Phi) is 9.43. The third kappa shape index (κ3) is 7.88. The number of rotatable bonds is 9. The second kappa shape index (κ2) is 12.6. The second-order valence-electron chi connectivity index (χ2n) is 8.59. The average Bonchev–Trinajstić information content (AvgIpc) is 3.30. The van der Waals surface area contributed by atoms with Gasteiger partial charge in [0.2, 0.25) is 5.44 Å². The number of thiazole rings is 1. The molecule has 204 valence electrons. The number of hydrogen-bond donors (Lipinski definition) is 1. The van der Waals surface area contributed by atoms with Gasteiger partial charge < -0.3 is 10.1 Å². The quantitative estimate of drug-likeness (QED) is 0.119. The Morgan fingerprint density at radius 2 is 1.62 bits per heavy atom. The van der Waals surface area contributed by atoms with E-state index in [9.17, 15) is 22.8 Å². The highest BCUT2D eigenvalue weighted by molar-refractivity contribution is 8.02. The van der Waals surface area contributed by atoms with E-state index >= 15 is 0 Å². The number of nitrogens with one attached hydrogen (secondary N) is 1. The molecule has 4 rings (SSSR count). The van der Waals surface area contributed by atoms with Gasteiger partial charge in [-0.05, 0) is 72.6 Å². The van der Waals surface area contributed by atoms with E-state index in [-0.39, 0.29) is 10.3 Å². The summed E-state index contributed by atoms with van der Waals surface area (Å²) < 4.78 is 44.8. The van der Waals surface area contributed by atoms with Crippen LogP contribution in [0.5, 0.6) is 0 Å². The van der Waals surface area contributed by atoms with Crippen molar-refractivity contribution in [2.24, 2.45) is 0 Å². The number of amides is 1. The number of esters is 1. The van der Waals surface area contributed by atoms with Gasteiger partial charge >= 0.3 is 12.1 Å². The maximum absolute atomic E-state index is 13.3. The van der Waals surface area contributed by atoms with Crippen molar-refractivity contribution in [3.63, 3.8) is 0 Å². The van der Waals surface area contributed by atoms with Crippen LogP contribution >= 0.6 is 46.3 Å². The molecule has 0 bridgehead atoms. The molecule has 0 aliphatic rings. The van der Waals surface area contributed by atoms with Gasteiger partial charge in [0, 0.05) is 22.0 Å². The van der Waals surface area contributed by atoms with Crippen LogP contribution in [0.4, 0.5) is 13.2 Å². The van der Waals surface area contributed by atoms with E-state index in [4.69, 9.17) is 23.2 Å². The zero-order valence-electron chi connectivity index (χ0n) is 20.2. The van der Waals surface area contributed by atoms with Crippen LogP contribution in [0.15, 0.2) is 77.1 Å². The topological polar surface area (TPSA) is 68.3 Å². The highest BCUT2D eigenvalue weighted by atomic mass is 35.5. The highest BCUT2D eigenvalue weighted by Gasteiger charge is 2.44. The van der Waals surface area contributed by atoms with Crippen LogP contribution in [-0.2, 0) is 20.7 Å². The zero-order chi connectivity index (χ0) is 28.2. The van der Waals surface area contributed by atoms with E-state index < -0.39 is 29.5 Å². The van der Waals surface area contributed by atoms with Crippen molar-refractivity contribution in [3.8, 4) is 0 Å². The summed E-state index contributed by atoms with van der Waals surface area (Å²) in [6.07, 6.45) is -4.78. The van der Waals surface area contributed by atoms with Gasteiger partial charge in [-0.15, -0.1) is 11.3 Å². The average molecular weight is 614 g/mol. The maximum Gasteiger partial charge on any atom is 0.490 e. The lowest BCUT2D eigenvalue weighted by molar-refractivity contribution is -0.201. The summed E-state index contributed by atoms with van der Waals surface area (Å²) in [4.78, 5) is 29.3. The molecule has 1 N–H and O–H groups in total. The number of hydrogen-bond acceptors (Lipinski definition) is 6. The van der Waals surface area contributed by atoms with Crippen molar-refractivity contribution in [2.75, 3.05) is 0 Å². The molecule has 5 nitrogen and oxygen atoms in total. The Balaban J connectivity index is 1.58. The van der Waals surface area contributed by atoms with Gasteiger partial charge in [0.1, 0.15) is 0 Å². The van der Waals surface area contributed by atoms with Crippen LogP contribution in [0.1, 0.15) is 24.0 Å². The number of carbonyl (C=O) groups excluding carboxylic acids is 2. The predicted octanol–water partition coefficient (Wildman–Crippen LogP) is 7.66. The van der Waals surface area contributed by atoms with E-state index in [1.165, 1.54) is 11.3 Å². The van der Waals surface area contributed by atoms with Gasteiger partial charge in [-0.3, -0.25) is 4.79 Å².